The first kappa shape index (κ1) is 11.7. The minimum Gasteiger partial charge on any atom is -0.388 e. The number of hydrogen-bond acceptors (Lipinski definition) is 2. The van der Waals surface area contributed by atoms with E-state index in [0.29, 0.717) is 6.54 Å². The number of aryl methyl sites for hydroxylation is 1. The summed E-state index contributed by atoms with van der Waals surface area (Å²) in [6.07, 6.45) is 0. The van der Waals surface area contributed by atoms with Crippen molar-refractivity contribution in [1.29, 1.82) is 0 Å². The van der Waals surface area contributed by atoms with E-state index in [1.54, 1.807) is 0 Å². The van der Waals surface area contributed by atoms with Gasteiger partial charge < -0.3 is 11.1 Å². The van der Waals surface area contributed by atoms with E-state index in [0.717, 1.165) is 5.69 Å². The zero-order valence-corrected chi connectivity index (χ0v) is 8.43. The number of rotatable bonds is 2. The van der Waals surface area contributed by atoms with Gasteiger partial charge in [0.2, 0.25) is 0 Å². The summed E-state index contributed by atoms with van der Waals surface area (Å²) in [7, 11) is 1.91. The first-order chi connectivity index (χ1) is 6.29. The molecule has 3 N–H and O–H groups in total. The number of nitrogens with one attached hydrogen (secondary N) is 1. The minimum absolute atomic E-state index is 0.600. The topological polar surface area (TPSA) is 38.0 Å². The summed E-state index contributed by atoms with van der Waals surface area (Å²) in [5.41, 5.74) is 9.17. The highest BCUT2D eigenvalue weighted by Gasteiger charge is 1.99. The molecular formula is C11H18N2. The zero-order chi connectivity index (χ0) is 10.3. The van der Waals surface area contributed by atoms with Gasteiger partial charge in [0.15, 0.2) is 0 Å². The van der Waals surface area contributed by atoms with Crippen LogP contribution < -0.4 is 11.1 Å². The van der Waals surface area contributed by atoms with Crippen molar-refractivity contribution in [3.8, 4) is 0 Å². The van der Waals surface area contributed by atoms with Gasteiger partial charge in [0.1, 0.15) is 0 Å². The van der Waals surface area contributed by atoms with Gasteiger partial charge in [-0.05, 0) is 24.1 Å². The Bertz CT molecular complexity index is 256. The van der Waals surface area contributed by atoms with Crippen molar-refractivity contribution in [2.45, 2.75) is 13.5 Å². The van der Waals surface area contributed by atoms with E-state index in [4.69, 9.17) is 5.73 Å². The normalized spacial score (nSPS) is 8.54. The Morgan fingerprint density at radius 3 is 2.38 bits per heavy atom. The fourth-order valence-corrected chi connectivity index (χ4v) is 1.21. The number of benzene rings is 1. The maximum Gasteiger partial charge on any atom is 0.0385 e. The van der Waals surface area contributed by atoms with Crippen LogP contribution in [0.3, 0.4) is 0 Å². The van der Waals surface area contributed by atoms with Gasteiger partial charge in [0.25, 0.3) is 0 Å². The Kier molecular flexibility index (Phi) is 5.64. The second-order valence-electron chi connectivity index (χ2n) is 2.56. The lowest BCUT2D eigenvalue weighted by atomic mass is 10.1. The van der Waals surface area contributed by atoms with Gasteiger partial charge in [-0.3, -0.25) is 0 Å². The highest BCUT2D eigenvalue weighted by Crippen LogP contribution is 2.17. The summed E-state index contributed by atoms with van der Waals surface area (Å²) >= 11 is 0. The van der Waals surface area contributed by atoms with Crippen LogP contribution in [0.2, 0.25) is 0 Å². The summed E-state index contributed by atoms with van der Waals surface area (Å²) in [5.74, 6) is 0. The van der Waals surface area contributed by atoms with Crippen molar-refractivity contribution in [3.05, 3.63) is 42.5 Å². The van der Waals surface area contributed by atoms with E-state index in [-0.39, 0.29) is 0 Å². The van der Waals surface area contributed by atoms with Crippen LogP contribution in [0.5, 0.6) is 0 Å². The third-order valence-corrected chi connectivity index (χ3v) is 1.88. The van der Waals surface area contributed by atoms with Crippen molar-refractivity contribution in [1.82, 2.24) is 0 Å². The lowest BCUT2D eigenvalue weighted by Gasteiger charge is -2.09. The fourth-order valence-electron chi connectivity index (χ4n) is 1.21. The molecule has 13 heavy (non-hydrogen) atoms. The molecule has 0 heterocycles. The number of nitrogens with two attached hydrogens (primary N) is 1. The van der Waals surface area contributed by atoms with Gasteiger partial charge in [0.05, 0.1) is 0 Å². The first-order valence-electron chi connectivity index (χ1n) is 4.26. The quantitative estimate of drug-likeness (QED) is 0.682. The van der Waals surface area contributed by atoms with E-state index in [2.05, 4.69) is 31.5 Å². The molecule has 2 heteroatoms. The lowest BCUT2D eigenvalue weighted by molar-refractivity contribution is 1.05. The van der Waals surface area contributed by atoms with E-state index in [1.807, 2.05) is 19.2 Å². The Hall–Kier alpha value is -1.28. The zero-order valence-electron chi connectivity index (χ0n) is 8.43. The smallest absolute Gasteiger partial charge is 0.0385 e. The molecule has 0 spiro atoms. The van der Waals surface area contributed by atoms with Crippen LogP contribution >= 0.6 is 0 Å². The van der Waals surface area contributed by atoms with Crippen LogP contribution in [0.4, 0.5) is 5.69 Å². The van der Waals surface area contributed by atoms with Gasteiger partial charge in [-0.1, -0.05) is 12.1 Å². The van der Waals surface area contributed by atoms with Crippen LogP contribution in [-0.2, 0) is 6.54 Å². The second-order valence-corrected chi connectivity index (χ2v) is 2.56. The van der Waals surface area contributed by atoms with Crippen LogP contribution in [0.15, 0.2) is 31.4 Å². The predicted octanol–water partition coefficient (Wildman–Crippen LogP) is 2.30. The summed E-state index contributed by atoms with van der Waals surface area (Å²) in [5, 5.41) is 3.11. The highest BCUT2D eigenvalue weighted by molar-refractivity contribution is 5.53. The Balaban J connectivity index is 0.000000671. The molecule has 0 atom stereocenters. The minimum atomic E-state index is 0.600. The van der Waals surface area contributed by atoms with E-state index < -0.39 is 0 Å². The number of anilines is 1. The van der Waals surface area contributed by atoms with Crippen molar-refractivity contribution in [2.75, 3.05) is 12.4 Å². The molecule has 0 aliphatic rings. The maximum atomic E-state index is 5.59. The Morgan fingerprint density at radius 2 is 2.00 bits per heavy atom. The fraction of sp³-hybridized carbons (Fsp3) is 0.273. The van der Waals surface area contributed by atoms with Crippen molar-refractivity contribution in [2.24, 2.45) is 5.73 Å². The van der Waals surface area contributed by atoms with E-state index in [1.165, 1.54) is 11.1 Å². The molecule has 0 amide bonds. The van der Waals surface area contributed by atoms with Crippen LogP contribution in [0.1, 0.15) is 11.1 Å². The van der Waals surface area contributed by atoms with Gasteiger partial charge in [0, 0.05) is 19.3 Å². The number of hydrogen-bond donors (Lipinski definition) is 2. The largest absolute Gasteiger partial charge is 0.388 e. The van der Waals surface area contributed by atoms with Crippen LogP contribution in [0, 0.1) is 6.92 Å². The van der Waals surface area contributed by atoms with Crippen LogP contribution in [-0.4, -0.2) is 7.05 Å². The summed E-state index contributed by atoms with van der Waals surface area (Å²) in [6.45, 7) is 8.67. The van der Waals surface area contributed by atoms with Crippen molar-refractivity contribution in [3.63, 3.8) is 0 Å². The second kappa shape index (κ2) is 6.26. The lowest BCUT2D eigenvalue weighted by Crippen LogP contribution is -2.03. The summed E-state index contributed by atoms with van der Waals surface area (Å²) in [4.78, 5) is 0. The van der Waals surface area contributed by atoms with Gasteiger partial charge in [-0.2, -0.15) is 0 Å². The SMILES string of the molecule is C=C.CNc1cccc(C)c1CN. The predicted molar refractivity (Wildman–Crippen MR) is 59.9 cm³/mol. The Labute approximate surface area is 80.5 Å². The molecule has 0 saturated heterocycles. The van der Waals surface area contributed by atoms with E-state index in [9.17, 15) is 0 Å². The molecule has 1 rings (SSSR count). The molecule has 0 aliphatic heterocycles. The van der Waals surface area contributed by atoms with Gasteiger partial charge in [-0.15, -0.1) is 13.2 Å². The van der Waals surface area contributed by atoms with Gasteiger partial charge >= 0.3 is 0 Å². The molecule has 0 aromatic heterocycles. The van der Waals surface area contributed by atoms with Crippen LogP contribution in [0.25, 0.3) is 0 Å². The molecular weight excluding hydrogens is 160 g/mol. The monoisotopic (exact) mass is 178 g/mol. The summed E-state index contributed by atoms with van der Waals surface area (Å²) in [6, 6.07) is 6.14. The van der Waals surface area contributed by atoms with E-state index >= 15 is 0 Å². The third kappa shape index (κ3) is 2.92. The first-order valence-corrected chi connectivity index (χ1v) is 4.26. The average Bonchev–Trinajstić information content (AvgIpc) is 2.20. The molecule has 0 bridgehead atoms. The molecule has 0 fully saturated rings. The van der Waals surface area contributed by atoms with Crippen molar-refractivity contribution >= 4 is 5.69 Å². The van der Waals surface area contributed by atoms with Crippen molar-refractivity contribution < 1.29 is 0 Å². The molecule has 1 aromatic rings. The maximum absolute atomic E-state index is 5.59. The third-order valence-electron chi connectivity index (χ3n) is 1.88. The standard InChI is InChI=1S/C9H14N2.C2H4/c1-7-4-3-5-9(11-2)8(7)6-10;1-2/h3-5,11H,6,10H2,1-2H3;1-2H2. The highest BCUT2D eigenvalue weighted by atomic mass is 14.8. The average molecular weight is 178 g/mol. The molecule has 72 valence electrons. The molecule has 0 unspecified atom stereocenters. The molecule has 0 aliphatic carbocycles. The Morgan fingerprint density at radius 1 is 1.38 bits per heavy atom. The molecule has 1 aromatic carbocycles. The van der Waals surface area contributed by atoms with Gasteiger partial charge in [-0.25, -0.2) is 0 Å². The molecule has 0 radical (unpaired) electrons. The summed E-state index contributed by atoms with van der Waals surface area (Å²) < 4.78 is 0. The molecule has 2 nitrogen and oxygen atoms in total. The molecule has 0 saturated carbocycles.